The standard InChI is InChI=1S/C15H15FN2O4S/c16-11-6-9(18-7-12(14(17)20)22-15(18)21)1-2-10(11)8-3-4-23-13(19)5-8/h1-2,6,8,12H,3-5,7H2,(H2,17,20)/t8?,12-/m1/s1. The SMILES string of the molecule is NC(=O)[C@H]1CN(c2ccc(C3CCSC(=O)C3)c(F)c2)C(=O)O1. The van der Waals surface area contributed by atoms with E-state index in [1.807, 2.05) is 0 Å². The smallest absolute Gasteiger partial charge is 0.415 e. The predicted molar refractivity (Wildman–Crippen MR) is 82.6 cm³/mol. The molecule has 6 nitrogen and oxygen atoms in total. The van der Waals surface area contributed by atoms with E-state index in [1.165, 1.54) is 22.7 Å². The highest BCUT2D eigenvalue weighted by molar-refractivity contribution is 8.13. The van der Waals surface area contributed by atoms with Crippen LogP contribution >= 0.6 is 11.8 Å². The van der Waals surface area contributed by atoms with Crippen molar-refractivity contribution in [3.8, 4) is 0 Å². The maximum Gasteiger partial charge on any atom is 0.415 e. The molecular weight excluding hydrogens is 323 g/mol. The number of halogens is 1. The highest BCUT2D eigenvalue weighted by Gasteiger charge is 2.36. The van der Waals surface area contributed by atoms with Crippen LogP contribution in [0.2, 0.25) is 0 Å². The number of thioether (sulfide) groups is 1. The van der Waals surface area contributed by atoms with Crippen molar-refractivity contribution < 1.29 is 23.5 Å². The van der Waals surface area contributed by atoms with E-state index in [0.717, 1.165) is 6.42 Å². The number of anilines is 1. The summed E-state index contributed by atoms with van der Waals surface area (Å²) in [5.74, 6) is -0.663. The molecule has 1 unspecified atom stereocenters. The third-order valence-corrected chi connectivity index (χ3v) is 4.94. The lowest BCUT2D eigenvalue weighted by Crippen LogP contribution is -2.32. The number of nitrogens with two attached hydrogens (primary N) is 1. The van der Waals surface area contributed by atoms with Crippen LogP contribution in [0.3, 0.4) is 0 Å². The maximum absolute atomic E-state index is 14.4. The minimum absolute atomic E-state index is 0.0362. The molecule has 2 aliphatic rings. The molecule has 2 fully saturated rings. The predicted octanol–water partition coefficient (Wildman–Crippen LogP) is 1.77. The van der Waals surface area contributed by atoms with Gasteiger partial charge in [0.05, 0.1) is 12.2 Å². The molecule has 2 aliphatic heterocycles. The lowest BCUT2D eigenvalue weighted by atomic mass is 9.92. The van der Waals surface area contributed by atoms with Crippen LogP contribution in [-0.2, 0) is 14.3 Å². The fourth-order valence-electron chi connectivity index (χ4n) is 2.78. The fraction of sp³-hybridized carbons (Fsp3) is 0.400. The van der Waals surface area contributed by atoms with Crippen molar-refractivity contribution in [3.05, 3.63) is 29.6 Å². The highest BCUT2D eigenvalue weighted by atomic mass is 32.2. The molecule has 8 heteroatoms. The monoisotopic (exact) mass is 338 g/mol. The van der Waals surface area contributed by atoms with Gasteiger partial charge in [-0.25, -0.2) is 9.18 Å². The van der Waals surface area contributed by atoms with Gasteiger partial charge in [0.2, 0.25) is 0 Å². The molecule has 2 heterocycles. The Hall–Kier alpha value is -2.09. The van der Waals surface area contributed by atoms with Crippen molar-refractivity contribution in [2.24, 2.45) is 5.73 Å². The molecule has 2 saturated heterocycles. The lowest BCUT2D eigenvalue weighted by molar-refractivity contribution is -0.124. The number of ether oxygens (including phenoxy) is 1. The van der Waals surface area contributed by atoms with Gasteiger partial charge in [-0.15, -0.1) is 0 Å². The minimum Gasteiger partial charge on any atom is -0.434 e. The second-order valence-electron chi connectivity index (χ2n) is 5.50. The summed E-state index contributed by atoms with van der Waals surface area (Å²) < 4.78 is 19.2. The van der Waals surface area contributed by atoms with Crippen LogP contribution in [0.4, 0.5) is 14.9 Å². The van der Waals surface area contributed by atoms with Crippen molar-refractivity contribution >= 4 is 34.6 Å². The summed E-state index contributed by atoms with van der Waals surface area (Å²) in [4.78, 5) is 35.5. The molecule has 0 spiro atoms. The molecule has 2 amide bonds. The quantitative estimate of drug-likeness (QED) is 0.907. The van der Waals surface area contributed by atoms with Gasteiger partial charge in [0.15, 0.2) is 11.2 Å². The van der Waals surface area contributed by atoms with Crippen LogP contribution in [0.1, 0.15) is 24.3 Å². The minimum atomic E-state index is -1.03. The van der Waals surface area contributed by atoms with Crippen LogP contribution in [0.5, 0.6) is 0 Å². The molecule has 2 N–H and O–H groups in total. The van der Waals surface area contributed by atoms with Gasteiger partial charge >= 0.3 is 6.09 Å². The van der Waals surface area contributed by atoms with E-state index < -0.39 is 23.9 Å². The highest BCUT2D eigenvalue weighted by Crippen LogP contribution is 2.35. The first-order valence-electron chi connectivity index (χ1n) is 7.18. The number of carbonyl (C=O) groups is 3. The van der Waals surface area contributed by atoms with E-state index in [4.69, 9.17) is 10.5 Å². The Morgan fingerprint density at radius 2 is 2.17 bits per heavy atom. The van der Waals surface area contributed by atoms with Gasteiger partial charge in [-0.2, -0.15) is 0 Å². The van der Waals surface area contributed by atoms with Gasteiger partial charge in [-0.3, -0.25) is 14.5 Å². The number of primary amides is 1. The Labute approximate surface area is 136 Å². The lowest BCUT2D eigenvalue weighted by Gasteiger charge is -2.22. The molecule has 0 saturated carbocycles. The molecule has 23 heavy (non-hydrogen) atoms. The maximum atomic E-state index is 14.4. The molecule has 122 valence electrons. The van der Waals surface area contributed by atoms with Crippen molar-refractivity contribution in [2.75, 3.05) is 17.2 Å². The van der Waals surface area contributed by atoms with E-state index in [9.17, 15) is 18.8 Å². The van der Waals surface area contributed by atoms with E-state index in [1.54, 1.807) is 12.1 Å². The van der Waals surface area contributed by atoms with E-state index >= 15 is 0 Å². The molecule has 0 radical (unpaired) electrons. The number of carbonyl (C=O) groups excluding carboxylic acids is 3. The zero-order valence-electron chi connectivity index (χ0n) is 12.2. The summed E-state index contributed by atoms with van der Waals surface area (Å²) in [5, 5.41) is 0.0668. The number of benzene rings is 1. The van der Waals surface area contributed by atoms with Crippen molar-refractivity contribution in [3.63, 3.8) is 0 Å². The van der Waals surface area contributed by atoms with Gasteiger partial charge in [-0.1, -0.05) is 17.8 Å². The Morgan fingerprint density at radius 3 is 2.78 bits per heavy atom. The largest absolute Gasteiger partial charge is 0.434 e. The van der Waals surface area contributed by atoms with Crippen LogP contribution < -0.4 is 10.6 Å². The Balaban J connectivity index is 1.81. The van der Waals surface area contributed by atoms with Crippen LogP contribution in [0.15, 0.2) is 18.2 Å². The normalized spacial score (nSPS) is 24.7. The third-order valence-electron chi connectivity index (χ3n) is 4.01. The number of amides is 2. The molecular formula is C15H15FN2O4S. The molecule has 0 aliphatic carbocycles. The fourth-order valence-corrected chi connectivity index (χ4v) is 3.73. The number of nitrogens with zero attached hydrogens (tertiary/aromatic N) is 1. The summed E-state index contributed by atoms with van der Waals surface area (Å²) in [6.45, 7) is -0.0362. The Kier molecular flexibility index (Phi) is 4.25. The molecule has 3 rings (SSSR count). The average molecular weight is 338 g/mol. The van der Waals surface area contributed by atoms with Gasteiger partial charge in [-0.05, 0) is 30.0 Å². The molecule has 1 aromatic carbocycles. The second-order valence-corrected chi connectivity index (χ2v) is 6.65. The topological polar surface area (TPSA) is 89.7 Å². The number of cyclic esters (lactones) is 1. The molecule has 0 bridgehead atoms. The zero-order valence-corrected chi connectivity index (χ0v) is 13.0. The van der Waals surface area contributed by atoms with Crippen LogP contribution in [-0.4, -0.2) is 35.5 Å². The summed E-state index contributed by atoms with van der Waals surface area (Å²) in [7, 11) is 0. The summed E-state index contributed by atoms with van der Waals surface area (Å²) in [6, 6.07) is 4.41. The van der Waals surface area contributed by atoms with Crippen molar-refractivity contribution in [2.45, 2.75) is 24.9 Å². The van der Waals surface area contributed by atoms with Crippen LogP contribution in [0, 0.1) is 5.82 Å². The van der Waals surface area contributed by atoms with Crippen LogP contribution in [0.25, 0.3) is 0 Å². The van der Waals surface area contributed by atoms with Gasteiger partial charge in [0.25, 0.3) is 5.91 Å². The first-order chi connectivity index (χ1) is 11.0. The Bertz CT molecular complexity index is 681. The summed E-state index contributed by atoms with van der Waals surface area (Å²) in [5.41, 5.74) is 5.89. The molecule has 1 aromatic rings. The number of hydrogen-bond donors (Lipinski definition) is 1. The second kappa shape index (κ2) is 6.19. The number of rotatable bonds is 3. The van der Waals surface area contributed by atoms with Gasteiger partial charge in [0.1, 0.15) is 5.82 Å². The summed E-state index contributed by atoms with van der Waals surface area (Å²) in [6.07, 6.45) is -0.707. The molecule has 0 aromatic heterocycles. The van der Waals surface area contributed by atoms with Gasteiger partial charge < -0.3 is 10.5 Å². The zero-order chi connectivity index (χ0) is 16.6. The Morgan fingerprint density at radius 1 is 1.39 bits per heavy atom. The van der Waals surface area contributed by atoms with Gasteiger partial charge in [0, 0.05) is 12.2 Å². The summed E-state index contributed by atoms with van der Waals surface area (Å²) >= 11 is 1.27. The first kappa shape index (κ1) is 15.8. The third kappa shape index (κ3) is 3.17. The van der Waals surface area contributed by atoms with Crippen molar-refractivity contribution in [1.82, 2.24) is 0 Å². The molecule has 2 atom stereocenters. The van der Waals surface area contributed by atoms with E-state index in [-0.39, 0.29) is 17.6 Å². The average Bonchev–Trinajstić information content (AvgIpc) is 2.89. The van der Waals surface area contributed by atoms with Crippen molar-refractivity contribution in [1.29, 1.82) is 0 Å². The van der Waals surface area contributed by atoms with E-state index in [2.05, 4.69) is 0 Å². The number of hydrogen-bond acceptors (Lipinski definition) is 5. The first-order valence-corrected chi connectivity index (χ1v) is 8.17. The van der Waals surface area contributed by atoms with E-state index in [0.29, 0.717) is 23.4 Å².